The van der Waals surface area contributed by atoms with E-state index in [2.05, 4.69) is 29.9 Å². The molecule has 5 N–H and O–H groups in total. The Hall–Kier alpha value is -3.28. The Labute approximate surface area is 237 Å². The Balaban J connectivity index is 1.08. The van der Waals surface area contributed by atoms with Crippen LogP contribution >= 0.6 is 16.5 Å². The van der Waals surface area contributed by atoms with E-state index >= 15 is 0 Å². The number of imidazole rings is 2. The van der Waals surface area contributed by atoms with Gasteiger partial charge < -0.3 is 39.0 Å². The van der Waals surface area contributed by atoms with Gasteiger partial charge in [-0.05, 0) is 12.8 Å². The first-order valence-electron chi connectivity index (χ1n) is 12.8. The maximum Gasteiger partial charge on any atom is 0.319 e. The number of aromatic nitrogens is 8. The maximum atomic E-state index is 12.9. The molecule has 19 nitrogen and oxygen atoms in total. The van der Waals surface area contributed by atoms with Crippen molar-refractivity contribution in [1.29, 1.82) is 0 Å². The van der Waals surface area contributed by atoms with Gasteiger partial charge in [-0.1, -0.05) is 0 Å². The zero-order valence-corrected chi connectivity index (χ0v) is 24.1. The Kier molecular flexibility index (Phi) is 8.33. The number of hydrogen-bond donors (Lipinski definition) is 3. The lowest BCUT2D eigenvalue weighted by Crippen LogP contribution is -2.27. The van der Waals surface area contributed by atoms with E-state index in [4.69, 9.17) is 39.0 Å². The number of H-pyrrole nitrogens is 1. The first-order valence-corrected chi connectivity index (χ1v) is 15.3. The van der Waals surface area contributed by atoms with Crippen LogP contribution in [-0.4, -0.2) is 77.7 Å². The summed E-state index contributed by atoms with van der Waals surface area (Å²) >= 11 is 0. The molecular weight excluding hydrogens is 598 g/mol. The third-order valence-corrected chi connectivity index (χ3v) is 8.52. The highest BCUT2D eigenvalue weighted by atomic mass is 31.1. The normalized spacial score (nSPS) is 25.9. The van der Waals surface area contributed by atoms with Crippen molar-refractivity contribution in [1.82, 2.24) is 39.0 Å². The van der Waals surface area contributed by atoms with Crippen molar-refractivity contribution >= 4 is 50.6 Å². The van der Waals surface area contributed by atoms with Gasteiger partial charge in [0.05, 0.1) is 38.1 Å². The van der Waals surface area contributed by atoms with Gasteiger partial charge in [-0.2, -0.15) is 4.98 Å². The van der Waals surface area contributed by atoms with Gasteiger partial charge in [-0.3, -0.25) is 28.0 Å². The summed E-state index contributed by atoms with van der Waals surface area (Å²) in [6.45, 7) is -0.144. The molecule has 2 aliphatic rings. The smallest absolute Gasteiger partial charge is 0.319 e. The summed E-state index contributed by atoms with van der Waals surface area (Å²) < 4.78 is 61.3. The molecule has 4 aromatic rings. The van der Waals surface area contributed by atoms with Crippen LogP contribution in [0.25, 0.3) is 22.3 Å². The van der Waals surface area contributed by atoms with Crippen LogP contribution in [0.4, 0.5) is 11.8 Å². The number of ether oxygens (including phenoxy) is 2. The minimum Gasteiger partial charge on any atom is -0.382 e. The number of nitrogen functional groups attached to an aromatic ring is 2. The van der Waals surface area contributed by atoms with Gasteiger partial charge in [0.1, 0.15) is 30.4 Å². The number of rotatable bonds is 11. The SMILES string of the molecule is CO[PH](=O)OC[C@H]1O[C@@H](n2cnc3c(N)ncnc32)C[C@@H]1O[PH](=O)OC[C@@H]1CC[C@H](n2cnc3c(=O)[nH]c(N)nc32)O1. The fraction of sp³-hybridized carbons (Fsp3) is 0.524. The van der Waals surface area contributed by atoms with Crippen LogP contribution in [0, 0.1) is 0 Å². The van der Waals surface area contributed by atoms with E-state index in [1.54, 1.807) is 9.13 Å². The molecule has 226 valence electrons. The van der Waals surface area contributed by atoms with Gasteiger partial charge in [0.2, 0.25) is 5.95 Å². The Bertz CT molecular complexity index is 1700. The van der Waals surface area contributed by atoms with Crippen molar-refractivity contribution in [2.24, 2.45) is 0 Å². The minimum atomic E-state index is -3.02. The predicted molar refractivity (Wildman–Crippen MR) is 146 cm³/mol. The largest absolute Gasteiger partial charge is 0.382 e. The van der Waals surface area contributed by atoms with Gasteiger partial charge in [0, 0.05) is 13.5 Å². The standard InChI is InChI=1S/C21H28N10O9P2/c1-35-41(33)37-6-12-11(4-14(39-12)31-8-26-15-17(22)24-7-25-18(15)31)40-42(34)36-5-10-2-3-13(38-10)30-9-27-16-19(30)28-21(23)29-20(16)32/h7-14,41-42H,2-6H2,1H3,(H2,22,24,25)(H3,23,28,29,32)/t10-,11-,12+,13+,14+/m0/s1. The highest BCUT2D eigenvalue weighted by Gasteiger charge is 2.40. The molecule has 0 bridgehead atoms. The first kappa shape index (κ1) is 28.8. The number of nitrogens with zero attached hydrogens (tertiary/aromatic N) is 7. The molecule has 42 heavy (non-hydrogen) atoms. The van der Waals surface area contributed by atoms with Crippen LogP contribution < -0.4 is 17.0 Å². The zero-order valence-electron chi connectivity index (χ0n) is 22.1. The quantitative estimate of drug-likeness (QED) is 0.196. The number of hydrogen-bond acceptors (Lipinski definition) is 16. The molecule has 4 aromatic heterocycles. The third kappa shape index (κ3) is 5.82. The van der Waals surface area contributed by atoms with E-state index in [1.165, 1.54) is 26.1 Å². The number of nitrogens with two attached hydrogens (primary N) is 2. The second kappa shape index (κ2) is 12.1. The fourth-order valence-corrected chi connectivity index (χ4v) is 6.22. The first-order chi connectivity index (χ1) is 20.3. The van der Waals surface area contributed by atoms with Gasteiger partial charge in [-0.15, -0.1) is 0 Å². The molecule has 0 aromatic carbocycles. The summed E-state index contributed by atoms with van der Waals surface area (Å²) in [6, 6.07) is 0. The van der Waals surface area contributed by atoms with Crippen LogP contribution in [0.1, 0.15) is 31.7 Å². The molecule has 6 rings (SSSR count). The van der Waals surface area contributed by atoms with E-state index in [1.807, 2.05) is 0 Å². The monoisotopic (exact) mass is 626 g/mol. The van der Waals surface area contributed by atoms with Gasteiger partial charge in [-0.25, -0.2) is 19.9 Å². The molecule has 0 amide bonds. The van der Waals surface area contributed by atoms with Gasteiger partial charge in [0.25, 0.3) is 5.56 Å². The van der Waals surface area contributed by atoms with Gasteiger partial charge >= 0.3 is 16.5 Å². The molecule has 2 fully saturated rings. The summed E-state index contributed by atoms with van der Waals surface area (Å²) in [7, 11) is -4.50. The van der Waals surface area contributed by atoms with E-state index in [0.717, 1.165) is 0 Å². The second-order valence-electron chi connectivity index (χ2n) is 9.50. The average molecular weight is 626 g/mol. The molecule has 7 atom stereocenters. The lowest BCUT2D eigenvalue weighted by Gasteiger charge is -2.19. The van der Waals surface area contributed by atoms with E-state index in [9.17, 15) is 13.9 Å². The van der Waals surface area contributed by atoms with Crippen LogP contribution in [-0.2, 0) is 36.7 Å². The van der Waals surface area contributed by atoms with Crippen LogP contribution in [0.2, 0.25) is 0 Å². The highest BCUT2D eigenvalue weighted by Crippen LogP contribution is 2.40. The van der Waals surface area contributed by atoms with Crippen LogP contribution in [0.5, 0.6) is 0 Å². The highest BCUT2D eigenvalue weighted by molar-refractivity contribution is 7.33. The van der Waals surface area contributed by atoms with Crippen molar-refractivity contribution in [3.8, 4) is 0 Å². The number of fused-ring (bicyclic) bond motifs is 2. The summed E-state index contributed by atoms with van der Waals surface area (Å²) in [5, 5.41) is 0. The van der Waals surface area contributed by atoms with Gasteiger partial charge in [0.15, 0.2) is 22.6 Å². The molecular formula is C21H28N10O9P2. The Morgan fingerprint density at radius 1 is 0.976 bits per heavy atom. The van der Waals surface area contributed by atoms with E-state index < -0.39 is 52.8 Å². The fourth-order valence-electron chi connectivity index (χ4n) is 4.92. The number of anilines is 2. The molecule has 2 unspecified atom stereocenters. The van der Waals surface area contributed by atoms with Crippen LogP contribution in [0.3, 0.4) is 0 Å². The van der Waals surface area contributed by atoms with Crippen molar-refractivity contribution < 1.29 is 36.7 Å². The van der Waals surface area contributed by atoms with Crippen LogP contribution in [0.15, 0.2) is 23.8 Å². The topological polar surface area (TPSA) is 249 Å². The molecule has 0 spiro atoms. The minimum absolute atomic E-state index is 0.00498. The van der Waals surface area contributed by atoms with Crippen molar-refractivity contribution in [3.05, 3.63) is 29.3 Å². The Morgan fingerprint density at radius 3 is 2.55 bits per heavy atom. The number of aromatic amines is 1. The van der Waals surface area contributed by atoms with Crippen molar-refractivity contribution in [3.63, 3.8) is 0 Å². The molecule has 2 aliphatic heterocycles. The molecule has 0 radical (unpaired) electrons. The summed E-state index contributed by atoms with van der Waals surface area (Å²) in [4.78, 5) is 35.2. The predicted octanol–water partition coefficient (Wildman–Crippen LogP) is 0.933. The molecule has 6 heterocycles. The summed E-state index contributed by atoms with van der Waals surface area (Å²) in [5.74, 6) is 0.186. The van der Waals surface area contributed by atoms with Crippen molar-refractivity contribution in [2.45, 2.75) is 50.0 Å². The molecule has 0 aliphatic carbocycles. The Morgan fingerprint density at radius 2 is 1.74 bits per heavy atom. The number of nitrogens with one attached hydrogen (secondary N) is 1. The second-order valence-corrected chi connectivity index (χ2v) is 11.7. The molecule has 21 heteroatoms. The maximum absolute atomic E-state index is 12.9. The van der Waals surface area contributed by atoms with Crippen molar-refractivity contribution in [2.75, 3.05) is 31.8 Å². The lowest BCUT2D eigenvalue weighted by atomic mass is 10.2. The molecule has 0 saturated carbocycles. The molecule has 2 saturated heterocycles. The summed E-state index contributed by atoms with van der Waals surface area (Å²) in [6.07, 6.45) is 2.72. The third-order valence-electron chi connectivity index (χ3n) is 6.89. The average Bonchev–Trinajstić information content (AvgIpc) is 3.76. The summed E-state index contributed by atoms with van der Waals surface area (Å²) in [5.41, 5.74) is 12.4. The van der Waals surface area contributed by atoms with E-state index in [0.29, 0.717) is 29.7 Å². The van der Waals surface area contributed by atoms with E-state index in [-0.39, 0.29) is 36.9 Å². The lowest BCUT2D eigenvalue weighted by molar-refractivity contribution is -0.0384. The zero-order chi connectivity index (χ0) is 29.4.